The molecule has 0 bridgehead atoms. The Morgan fingerprint density at radius 2 is 1.61 bits per heavy atom. The fraction of sp³-hybridized carbons (Fsp3) is 0.167. The summed E-state index contributed by atoms with van der Waals surface area (Å²) < 4.78 is 5.18. The Hall–Kier alpha value is -4.40. The highest BCUT2D eigenvalue weighted by atomic mass is 16.6. The summed E-state index contributed by atoms with van der Waals surface area (Å²) in [5.41, 5.74) is 3.06. The largest absolute Gasteiger partial charge is 0.495 e. The van der Waals surface area contributed by atoms with Gasteiger partial charge in [0, 0.05) is 17.8 Å². The second-order valence-electron chi connectivity index (χ2n) is 7.45. The summed E-state index contributed by atoms with van der Waals surface area (Å²) in [6.07, 6.45) is 0. The number of nitro benzene ring substituents is 1. The van der Waals surface area contributed by atoms with Gasteiger partial charge in [-0.1, -0.05) is 36.4 Å². The average Bonchev–Trinajstić information content (AvgIpc) is 2.77. The molecule has 0 aliphatic rings. The number of carbonyl (C=O) groups is 2. The zero-order valence-electron chi connectivity index (χ0n) is 18.4. The predicted molar refractivity (Wildman–Crippen MR) is 126 cm³/mol. The molecule has 0 saturated heterocycles. The first kappa shape index (κ1) is 23.3. The van der Waals surface area contributed by atoms with Crippen molar-refractivity contribution >= 4 is 29.0 Å². The van der Waals surface area contributed by atoms with Crippen LogP contribution in [0.1, 0.15) is 22.7 Å². The molecule has 0 aliphatic heterocycles. The minimum absolute atomic E-state index is 0.103. The first-order chi connectivity index (χ1) is 15.8. The SMILES string of the molecule is COc1ccc([N+](=O)[O-])cc1NC(=O)NC(C(=O)Nc1cc(C)cc(C)c1)c1ccccc1. The minimum atomic E-state index is -1.02. The third kappa shape index (κ3) is 6.07. The van der Waals surface area contributed by atoms with Crippen molar-refractivity contribution in [3.63, 3.8) is 0 Å². The van der Waals surface area contributed by atoms with Gasteiger partial charge in [-0.05, 0) is 48.7 Å². The number of non-ortho nitro benzene ring substituents is 1. The topological polar surface area (TPSA) is 123 Å². The van der Waals surface area contributed by atoms with E-state index in [1.54, 1.807) is 30.3 Å². The van der Waals surface area contributed by atoms with Gasteiger partial charge in [-0.25, -0.2) is 4.79 Å². The lowest BCUT2D eigenvalue weighted by Gasteiger charge is -2.20. The first-order valence-electron chi connectivity index (χ1n) is 10.1. The zero-order chi connectivity index (χ0) is 24.0. The maximum absolute atomic E-state index is 13.1. The summed E-state index contributed by atoms with van der Waals surface area (Å²) in [6.45, 7) is 3.85. The summed E-state index contributed by atoms with van der Waals surface area (Å²) in [6, 6.07) is 16.5. The maximum Gasteiger partial charge on any atom is 0.320 e. The molecule has 0 fully saturated rings. The number of methoxy groups -OCH3 is 1. The minimum Gasteiger partial charge on any atom is -0.495 e. The fourth-order valence-electron chi connectivity index (χ4n) is 3.40. The van der Waals surface area contributed by atoms with Crippen LogP contribution in [-0.4, -0.2) is 24.0 Å². The smallest absolute Gasteiger partial charge is 0.320 e. The van der Waals surface area contributed by atoms with Crippen LogP contribution in [0.3, 0.4) is 0 Å². The van der Waals surface area contributed by atoms with Gasteiger partial charge in [0.05, 0.1) is 17.7 Å². The second-order valence-corrected chi connectivity index (χ2v) is 7.45. The maximum atomic E-state index is 13.1. The van der Waals surface area contributed by atoms with Gasteiger partial charge in [-0.2, -0.15) is 0 Å². The highest BCUT2D eigenvalue weighted by Crippen LogP contribution is 2.29. The van der Waals surface area contributed by atoms with Gasteiger partial charge in [0.15, 0.2) is 0 Å². The number of carbonyl (C=O) groups excluding carboxylic acids is 2. The van der Waals surface area contributed by atoms with Gasteiger partial charge in [0.25, 0.3) is 11.6 Å². The fourth-order valence-corrected chi connectivity index (χ4v) is 3.40. The zero-order valence-corrected chi connectivity index (χ0v) is 18.4. The number of aryl methyl sites for hydroxylation is 2. The molecule has 0 aromatic heterocycles. The van der Waals surface area contributed by atoms with Gasteiger partial charge >= 0.3 is 6.03 Å². The van der Waals surface area contributed by atoms with Crippen LogP contribution in [0.5, 0.6) is 5.75 Å². The predicted octanol–water partition coefficient (Wildman–Crippen LogP) is 4.72. The number of benzene rings is 3. The summed E-state index contributed by atoms with van der Waals surface area (Å²) in [5.74, 6) is -0.195. The van der Waals surface area contributed by atoms with Crippen LogP contribution in [0.15, 0.2) is 66.7 Å². The van der Waals surface area contributed by atoms with Gasteiger partial charge in [0.1, 0.15) is 11.8 Å². The second kappa shape index (κ2) is 10.3. The number of nitrogens with zero attached hydrogens (tertiary/aromatic N) is 1. The quantitative estimate of drug-likeness (QED) is 0.356. The van der Waals surface area contributed by atoms with Crippen LogP contribution >= 0.6 is 0 Å². The Bertz CT molecular complexity index is 1160. The Kier molecular flexibility index (Phi) is 7.24. The Morgan fingerprint density at radius 1 is 0.939 bits per heavy atom. The van der Waals surface area contributed by atoms with Crippen LogP contribution in [0.4, 0.5) is 21.9 Å². The lowest BCUT2D eigenvalue weighted by atomic mass is 10.1. The number of urea groups is 1. The molecule has 170 valence electrons. The van der Waals surface area contributed by atoms with E-state index in [0.717, 1.165) is 11.1 Å². The van der Waals surface area contributed by atoms with Crippen molar-refractivity contribution in [3.05, 3.63) is 93.5 Å². The van der Waals surface area contributed by atoms with Crippen molar-refractivity contribution in [1.29, 1.82) is 0 Å². The van der Waals surface area contributed by atoms with Gasteiger partial charge in [-0.15, -0.1) is 0 Å². The molecule has 3 aromatic rings. The van der Waals surface area contributed by atoms with E-state index in [2.05, 4.69) is 16.0 Å². The van der Waals surface area contributed by atoms with Crippen molar-refractivity contribution in [2.75, 3.05) is 17.7 Å². The number of hydrogen-bond donors (Lipinski definition) is 3. The van der Waals surface area contributed by atoms with Gasteiger partial charge in [-0.3, -0.25) is 14.9 Å². The molecule has 0 radical (unpaired) electrons. The van der Waals surface area contributed by atoms with E-state index in [0.29, 0.717) is 11.3 Å². The molecule has 3 rings (SSSR count). The van der Waals surface area contributed by atoms with Crippen molar-refractivity contribution in [1.82, 2.24) is 5.32 Å². The summed E-state index contributed by atoms with van der Waals surface area (Å²) >= 11 is 0. The highest BCUT2D eigenvalue weighted by Gasteiger charge is 2.24. The molecular weight excluding hydrogens is 424 g/mol. The van der Waals surface area contributed by atoms with E-state index < -0.39 is 22.9 Å². The summed E-state index contributed by atoms with van der Waals surface area (Å²) in [5, 5.41) is 19.1. The molecule has 0 heterocycles. The Labute approximate surface area is 190 Å². The molecule has 3 N–H and O–H groups in total. The van der Waals surface area contributed by atoms with E-state index in [-0.39, 0.29) is 17.1 Å². The molecular formula is C24H24N4O5. The van der Waals surface area contributed by atoms with E-state index in [1.165, 1.54) is 25.3 Å². The van der Waals surface area contributed by atoms with E-state index in [1.807, 2.05) is 32.0 Å². The van der Waals surface area contributed by atoms with Crippen molar-refractivity contribution in [2.45, 2.75) is 19.9 Å². The van der Waals surface area contributed by atoms with Crippen molar-refractivity contribution in [2.24, 2.45) is 0 Å². The third-order valence-corrected chi connectivity index (χ3v) is 4.80. The number of rotatable bonds is 7. The number of ether oxygens (including phenoxy) is 1. The molecule has 0 saturated carbocycles. The molecule has 9 nitrogen and oxygen atoms in total. The normalized spacial score (nSPS) is 11.2. The van der Waals surface area contributed by atoms with Crippen LogP contribution in [0.2, 0.25) is 0 Å². The molecule has 1 unspecified atom stereocenters. The summed E-state index contributed by atoms with van der Waals surface area (Å²) in [4.78, 5) is 36.4. The van der Waals surface area contributed by atoms with Gasteiger partial charge in [0.2, 0.25) is 0 Å². The molecule has 3 amide bonds. The van der Waals surface area contributed by atoms with E-state index in [4.69, 9.17) is 4.74 Å². The van der Waals surface area contributed by atoms with Crippen LogP contribution in [0, 0.1) is 24.0 Å². The average molecular weight is 448 g/mol. The molecule has 33 heavy (non-hydrogen) atoms. The Balaban J connectivity index is 1.84. The van der Waals surface area contributed by atoms with Crippen molar-refractivity contribution < 1.29 is 19.2 Å². The number of nitrogens with one attached hydrogen (secondary N) is 3. The summed E-state index contributed by atoms with van der Waals surface area (Å²) in [7, 11) is 1.38. The highest BCUT2D eigenvalue weighted by molar-refractivity contribution is 6.00. The monoisotopic (exact) mass is 448 g/mol. The third-order valence-electron chi connectivity index (χ3n) is 4.80. The number of nitro groups is 1. The lowest BCUT2D eigenvalue weighted by molar-refractivity contribution is -0.384. The molecule has 1 atom stereocenters. The van der Waals surface area contributed by atoms with Gasteiger partial charge < -0.3 is 20.7 Å². The molecule has 9 heteroatoms. The number of anilines is 2. The number of amides is 3. The van der Waals surface area contributed by atoms with E-state index in [9.17, 15) is 19.7 Å². The van der Waals surface area contributed by atoms with Crippen LogP contribution < -0.4 is 20.7 Å². The first-order valence-corrected chi connectivity index (χ1v) is 10.1. The van der Waals surface area contributed by atoms with E-state index >= 15 is 0 Å². The molecule has 0 aliphatic carbocycles. The standard InChI is InChI=1S/C24H24N4O5/c1-15-11-16(2)13-18(12-15)25-23(29)22(17-7-5-4-6-8-17)27-24(30)26-20-14-19(28(31)32)9-10-21(20)33-3/h4-14,22H,1-3H3,(H,25,29)(H2,26,27,30). The van der Waals surface area contributed by atoms with Crippen LogP contribution in [0.25, 0.3) is 0 Å². The van der Waals surface area contributed by atoms with Crippen LogP contribution in [-0.2, 0) is 4.79 Å². The van der Waals surface area contributed by atoms with Crippen molar-refractivity contribution in [3.8, 4) is 5.75 Å². The molecule has 3 aromatic carbocycles. The lowest BCUT2D eigenvalue weighted by Crippen LogP contribution is -2.39. The Morgan fingerprint density at radius 3 is 2.21 bits per heavy atom. The molecule has 0 spiro atoms. The number of hydrogen-bond acceptors (Lipinski definition) is 5.